The summed E-state index contributed by atoms with van der Waals surface area (Å²) in [6.45, 7) is 3.30. The molecule has 7 heteroatoms. The van der Waals surface area contributed by atoms with Gasteiger partial charge < -0.3 is 4.74 Å². The van der Waals surface area contributed by atoms with Crippen LogP contribution in [-0.2, 0) is 0 Å². The molecule has 2 rings (SSSR count). The van der Waals surface area contributed by atoms with Crippen molar-refractivity contribution in [1.82, 2.24) is 0 Å². The highest BCUT2D eigenvalue weighted by Gasteiger charge is 2.16. The molecule has 0 saturated carbocycles. The summed E-state index contributed by atoms with van der Waals surface area (Å²) in [4.78, 5) is 22.7. The number of allylic oxidation sites excluding steroid dienone is 1. The lowest BCUT2D eigenvalue weighted by Crippen LogP contribution is -2.10. The number of benzene rings is 2. The Hall–Kier alpha value is -1.99. The van der Waals surface area contributed by atoms with E-state index in [2.05, 4.69) is 31.9 Å². The maximum absolute atomic E-state index is 12.3. The van der Waals surface area contributed by atoms with Crippen molar-refractivity contribution in [1.29, 1.82) is 0 Å². The van der Waals surface area contributed by atoms with Crippen molar-refractivity contribution in [3.63, 3.8) is 0 Å². The number of carbonyl (C=O) groups excluding carboxylic acids is 1. The van der Waals surface area contributed by atoms with Crippen LogP contribution in [-0.4, -0.2) is 10.9 Å². The maximum Gasteiger partial charge on any atom is 0.343 e. The van der Waals surface area contributed by atoms with E-state index in [0.717, 1.165) is 5.56 Å². The standard InChI is InChI=1S/C17H13Br2NO4/c1-10-3-5-12(6-4-10)17(21)24-16-13(7-11(2)20(22)23)8-14(18)9-15(16)19/h3-9H,1-2H3/b11-7+. The summed E-state index contributed by atoms with van der Waals surface area (Å²) < 4.78 is 6.68. The van der Waals surface area contributed by atoms with Gasteiger partial charge >= 0.3 is 5.97 Å². The number of ether oxygens (including phenoxy) is 1. The van der Waals surface area contributed by atoms with Crippen LogP contribution in [0.15, 0.2) is 51.0 Å². The quantitative estimate of drug-likeness (QED) is 0.269. The smallest absolute Gasteiger partial charge is 0.343 e. The monoisotopic (exact) mass is 453 g/mol. The van der Waals surface area contributed by atoms with Gasteiger partial charge in [-0.05, 0) is 47.1 Å². The van der Waals surface area contributed by atoms with Crippen molar-refractivity contribution >= 4 is 43.9 Å². The van der Waals surface area contributed by atoms with E-state index < -0.39 is 10.9 Å². The summed E-state index contributed by atoms with van der Waals surface area (Å²) in [6, 6.07) is 10.3. The molecule has 124 valence electrons. The van der Waals surface area contributed by atoms with Crippen LogP contribution >= 0.6 is 31.9 Å². The van der Waals surface area contributed by atoms with E-state index in [9.17, 15) is 14.9 Å². The van der Waals surface area contributed by atoms with Crippen LogP contribution < -0.4 is 4.74 Å². The Morgan fingerprint density at radius 3 is 2.42 bits per heavy atom. The number of esters is 1. The summed E-state index contributed by atoms with van der Waals surface area (Å²) in [7, 11) is 0. The summed E-state index contributed by atoms with van der Waals surface area (Å²) in [6.07, 6.45) is 1.35. The molecule has 0 fully saturated rings. The number of hydrogen-bond acceptors (Lipinski definition) is 4. The van der Waals surface area contributed by atoms with Gasteiger partial charge in [0.05, 0.1) is 15.0 Å². The van der Waals surface area contributed by atoms with Crippen molar-refractivity contribution in [2.45, 2.75) is 13.8 Å². The Bertz CT molecular complexity index is 829. The molecule has 0 spiro atoms. The molecule has 0 amide bonds. The van der Waals surface area contributed by atoms with Gasteiger partial charge in [0.25, 0.3) is 0 Å². The van der Waals surface area contributed by atoms with E-state index in [-0.39, 0.29) is 11.4 Å². The SMILES string of the molecule is C/C(=C\c1cc(Br)cc(Br)c1OC(=O)c1ccc(C)cc1)[N+](=O)[O-]. The molecule has 0 atom stereocenters. The Morgan fingerprint density at radius 1 is 1.21 bits per heavy atom. The minimum Gasteiger partial charge on any atom is -0.421 e. The third-order valence-electron chi connectivity index (χ3n) is 3.17. The van der Waals surface area contributed by atoms with Gasteiger partial charge in [0.2, 0.25) is 5.70 Å². The van der Waals surface area contributed by atoms with Crippen LogP contribution in [0.2, 0.25) is 0 Å². The van der Waals surface area contributed by atoms with Gasteiger partial charge in [-0.25, -0.2) is 4.79 Å². The fraction of sp³-hybridized carbons (Fsp3) is 0.118. The Morgan fingerprint density at radius 2 is 1.83 bits per heavy atom. The molecule has 0 aliphatic rings. The van der Waals surface area contributed by atoms with Crippen molar-refractivity contribution in [3.05, 3.63) is 77.8 Å². The largest absolute Gasteiger partial charge is 0.421 e. The van der Waals surface area contributed by atoms with Gasteiger partial charge in [-0.15, -0.1) is 0 Å². The van der Waals surface area contributed by atoms with Crippen molar-refractivity contribution in [2.24, 2.45) is 0 Å². The highest BCUT2D eigenvalue weighted by atomic mass is 79.9. The average molecular weight is 455 g/mol. The van der Waals surface area contributed by atoms with Crippen molar-refractivity contribution < 1.29 is 14.5 Å². The van der Waals surface area contributed by atoms with Crippen LogP contribution in [0.25, 0.3) is 6.08 Å². The lowest BCUT2D eigenvalue weighted by Gasteiger charge is -2.11. The van der Waals surface area contributed by atoms with Crippen molar-refractivity contribution in [2.75, 3.05) is 0 Å². The number of halogens is 2. The molecule has 0 aliphatic carbocycles. The van der Waals surface area contributed by atoms with Crippen LogP contribution in [0.5, 0.6) is 5.75 Å². The molecule has 24 heavy (non-hydrogen) atoms. The molecule has 0 N–H and O–H groups in total. The molecule has 0 radical (unpaired) electrons. The minimum atomic E-state index is -0.536. The Kier molecular flexibility index (Phi) is 5.90. The molecule has 0 unspecified atom stereocenters. The van der Waals surface area contributed by atoms with Gasteiger partial charge in [-0.3, -0.25) is 10.1 Å². The first kappa shape index (κ1) is 18.4. The second-order valence-corrected chi connectivity index (χ2v) is 6.87. The molecule has 0 aromatic heterocycles. The van der Waals surface area contributed by atoms with Crippen LogP contribution in [0.1, 0.15) is 28.4 Å². The number of nitrogens with zero attached hydrogens (tertiary/aromatic N) is 1. The van der Waals surface area contributed by atoms with E-state index in [0.29, 0.717) is 20.1 Å². The topological polar surface area (TPSA) is 69.4 Å². The molecular weight excluding hydrogens is 442 g/mol. The van der Waals surface area contributed by atoms with Gasteiger partial charge in [-0.1, -0.05) is 33.6 Å². The number of aryl methyl sites for hydroxylation is 1. The molecule has 2 aromatic carbocycles. The number of hydrogen-bond donors (Lipinski definition) is 0. The summed E-state index contributed by atoms with van der Waals surface area (Å²) in [5.41, 5.74) is 1.79. The highest BCUT2D eigenvalue weighted by Crippen LogP contribution is 2.35. The summed E-state index contributed by atoms with van der Waals surface area (Å²) in [5.74, 6) is -0.309. The third kappa shape index (κ3) is 4.52. The lowest BCUT2D eigenvalue weighted by atomic mass is 10.1. The molecule has 5 nitrogen and oxygen atoms in total. The zero-order chi connectivity index (χ0) is 17.9. The Labute approximate surface area is 155 Å². The number of carbonyl (C=O) groups is 1. The van der Waals surface area contributed by atoms with Crippen LogP contribution in [0, 0.1) is 17.0 Å². The fourth-order valence-electron chi connectivity index (χ4n) is 1.91. The van der Waals surface area contributed by atoms with Gasteiger partial charge in [0.1, 0.15) is 0 Å². The molecule has 0 aliphatic heterocycles. The second-order valence-electron chi connectivity index (χ2n) is 5.10. The summed E-state index contributed by atoms with van der Waals surface area (Å²) >= 11 is 6.65. The number of rotatable bonds is 4. The first-order chi connectivity index (χ1) is 11.3. The van der Waals surface area contributed by atoms with Gasteiger partial charge in [0.15, 0.2) is 5.75 Å². The zero-order valence-corrected chi connectivity index (χ0v) is 16.0. The van der Waals surface area contributed by atoms with E-state index in [1.165, 1.54) is 13.0 Å². The maximum atomic E-state index is 12.3. The predicted molar refractivity (Wildman–Crippen MR) is 98.6 cm³/mol. The minimum absolute atomic E-state index is 0.0624. The average Bonchev–Trinajstić information content (AvgIpc) is 2.51. The van der Waals surface area contributed by atoms with Gasteiger partial charge in [-0.2, -0.15) is 0 Å². The summed E-state index contributed by atoms with van der Waals surface area (Å²) in [5, 5.41) is 10.9. The first-order valence-corrected chi connectivity index (χ1v) is 8.47. The molecule has 0 heterocycles. The fourth-order valence-corrected chi connectivity index (χ4v) is 3.25. The van der Waals surface area contributed by atoms with Crippen LogP contribution in [0.4, 0.5) is 0 Å². The normalized spacial score (nSPS) is 11.2. The van der Waals surface area contributed by atoms with E-state index in [4.69, 9.17) is 4.74 Å². The lowest BCUT2D eigenvalue weighted by molar-refractivity contribution is -0.422. The molecule has 0 saturated heterocycles. The van der Waals surface area contributed by atoms with Crippen LogP contribution in [0.3, 0.4) is 0 Å². The highest BCUT2D eigenvalue weighted by molar-refractivity contribution is 9.11. The van der Waals surface area contributed by atoms with E-state index in [1.807, 2.05) is 19.1 Å². The zero-order valence-electron chi connectivity index (χ0n) is 12.9. The van der Waals surface area contributed by atoms with Crippen molar-refractivity contribution in [3.8, 4) is 5.75 Å². The second kappa shape index (κ2) is 7.72. The first-order valence-electron chi connectivity index (χ1n) is 6.88. The van der Waals surface area contributed by atoms with Gasteiger partial charge in [0, 0.05) is 23.0 Å². The molecular formula is C17H13Br2NO4. The Balaban J connectivity index is 2.42. The third-order valence-corrected chi connectivity index (χ3v) is 4.22. The molecule has 2 aromatic rings. The number of nitro groups is 1. The van der Waals surface area contributed by atoms with E-state index >= 15 is 0 Å². The predicted octanol–water partition coefficient (Wildman–Crippen LogP) is 5.38. The molecule has 0 bridgehead atoms. The van der Waals surface area contributed by atoms with E-state index in [1.54, 1.807) is 24.3 Å².